The van der Waals surface area contributed by atoms with Crippen molar-refractivity contribution in [3.63, 3.8) is 0 Å². The Morgan fingerprint density at radius 2 is 1.82 bits per heavy atom. The number of rotatable bonds is 6. The molecular weight excluding hydrogens is 564 g/mol. The number of nitrogens with one attached hydrogen (secondary N) is 2. The van der Waals surface area contributed by atoms with Crippen LogP contribution in [0, 0.1) is 5.41 Å². The third-order valence-corrected chi connectivity index (χ3v) is 6.98. The van der Waals surface area contributed by atoms with Crippen LogP contribution in [0.2, 0.25) is 0 Å². The molecule has 0 aliphatic carbocycles. The number of hydrogen-bond acceptors (Lipinski definition) is 7. The van der Waals surface area contributed by atoms with E-state index in [1.165, 1.54) is 41.6 Å². The molecular formula is C25H21F6N5O3S. The van der Waals surface area contributed by atoms with Crippen molar-refractivity contribution in [1.29, 1.82) is 5.41 Å². The van der Waals surface area contributed by atoms with Crippen LogP contribution in [0.4, 0.5) is 43.5 Å². The number of anilines is 3. The lowest BCUT2D eigenvalue weighted by Crippen LogP contribution is -2.25. The predicted molar refractivity (Wildman–Crippen MR) is 135 cm³/mol. The van der Waals surface area contributed by atoms with E-state index in [0.29, 0.717) is 0 Å². The Morgan fingerprint density at radius 1 is 1.15 bits per heavy atom. The highest BCUT2D eigenvalue weighted by atomic mass is 32.2. The molecule has 0 saturated heterocycles. The monoisotopic (exact) mass is 585 g/mol. The number of fused-ring (bicyclic) bond motifs is 2. The molecule has 2 heterocycles. The summed E-state index contributed by atoms with van der Waals surface area (Å²) in [6.07, 6.45) is -9.85. The number of hydrogen-bond donors (Lipinski definition) is 4. The summed E-state index contributed by atoms with van der Waals surface area (Å²) in [4.78, 5) is 3.74. The first-order valence-electron chi connectivity index (χ1n) is 11.4. The lowest BCUT2D eigenvalue weighted by atomic mass is 10.0. The number of nitrogens with two attached hydrogens (primary N) is 1. The summed E-state index contributed by atoms with van der Waals surface area (Å²) in [7, 11) is -2.11. The molecule has 2 unspecified atom stereocenters. The largest absolute Gasteiger partial charge is 0.573 e. The third-order valence-electron chi connectivity index (χ3n) is 5.58. The van der Waals surface area contributed by atoms with Gasteiger partial charge in [0.2, 0.25) is 0 Å². The van der Waals surface area contributed by atoms with Crippen molar-refractivity contribution in [3.05, 3.63) is 83.2 Å². The maximum absolute atomic E-state index is 13.7. The molecule has 1 aliphatic heterocycles. The molecule has 8 nitrogen and oxygen atoms in total. The van der Waals surface area contributed by atoms with E-state index in [-0.39, 0.29) is 51.2 Å². The van der Waals surface area contributed by atoms with Crippen LogP contribution in [0.25, 0.3) is 0 Å². The first kappa shape index (κ1) is 28.9. The summed E-state index contributed by atoms with van der Waals surface area (Å²) in [5.74, 6) is -0.681. The highest BCUT2D eigenvalue weighted by Gasteiger charge is 2.35. The van der Waals surface area contributed by atoms with E-state index < -0.39 is 41.1 Å². The van der Waals surface area contributed by atoms with Crippen molar-refractivity contribution in [3.8, 4) is 5.75 Å². The minimum absolute atomic E-state index is 0.0594. The van der Waals surface area contributed by atoms with Crippen LogP contribution in [-0.2, 0) is 23.7 Å². The quantitative estimate of drug-likeness (QED) is 0.217. The molecule has 1 aliphatic rings. The van der Waals surface area contributed by atoms with E-state index >= 15 is 0 Å². The molecule has 5 N–H and O–H groups in total. The molecule has 0 amide bonds. The van der Waals surface area contributed by atoms with Crippen molar-refractivity contribution in [2.24, 2.45) is 5.73 Å². The molecule has 2 atom stereocenters. The van der Waals surface area contributed by atoms with Gasteiger partial charge in [0.25, 0.3) is 0 Å². The van der Waals surface area contributed by atoms with E-state index in [0.717, 1.165) is 30.3 Å². The fourth-order valence-corrected chi connectivity index (χ4v) is 5.03. The van der Waals surface area contributed by atoms with Crippen molar-refractivity contribution in [2.45, 2.75) is 37.0 Å². The number of aliphatic hydroxyl groups is 1. The van der Waals surface area contributed by atoms with Gasteiger partial charge in [-0.05, 0) is 61.0 Å². The summed E-state index contributed by atoms with van der Waals surface area (Å²) in [6.45, 7) is 1.30. The van der Waals surface area contributed by atoms with E-state index in [4.69, 9.17) is 11.1 Å². The van der Waals surface area contributed by atoms with Crippen molar-refractivity contribution in [2.75, 3.05) is 9.62 Å². The Morgan fingerprint density at radius 3 is 2.42 bits per heavy atom. The van der Waals surface area contributed by atoms with Gasteiger partial charge < -0.3 is 26.3 Å². The van der Waals surface area contributed by atoms with Gasteiger partial charge in [-0.25, -0.2) is 9.19 Å². The van der Waals surface area contributed by atoms with Gasteiger partial charge in [-0.15, -0.1) is 13.2 Å². The van der Waals surface area contributed by atoms with Crippen molar-refractivity contribution < 1.29 is 40.4 Å². The van der Waals surface area contributed by atoms with E-state index in [1.54, 1.807) is 0 Å². The number of ether oxygens (including phenoxy) is 1. The van der Waals surface area contributed by atoms with E-state index in [2.05, 4.69) is 15.0 Å². The molecule has 0 spiro atoms. The second kappa shape index (κ2) is 10.8. The molecule has 40 heavy (non-hydrogen) atoms. The second-order valence-corrected chi connectivity index (χ2v) is 10.1. The molecule has 212 valence electrons. The maximum Gasteiger partial charge on any atom is 0.573 e. The van der Waals surface area contributed by atoms with Crippen molar-refractivity contribution in [1.82, 2.24) is 4.98 Å². The lowest BCUT2D eigenvalue weighted by molar-refractivity contribution is -0.274. The first-order chi connectivity index (χ1) is 18.6. The molecule has 1 aromatic heterocycles. The zero-order valence-electron chi connectivity index (χ0n) is 20.5. The molecule has 2 aromatic carbocycles. The molecule has 0 saturated carbocycles. The fourth-order valence-electron chi connectivity index (χ4n) is 3.82. The van der Waals surface area contributed by atoms with Gasteiger partial charge in [0.15, 0.2) is 11.0 Å². The fraction of sp³-hybridized carbons (Fsp3) is 0.200. The predicted octanol–water partition coefficient (Wildman–Crippen LogP) is 5.70. The van der Waals surface area contributed by atoms with Crippen LogP contribution in [0.15, 0.2) is 71.3 Å². The minimum atomic E-state index is -4.93. The Balaban J connectivity index is 1.79. The smallest absolute Gasteiger partial charge is 0.406 e. The number of halogens is 6. The topological polar surface area (TPSA) is 125 Å². The number of benzene rings is 2. The van der Waals surface area contributed by atoms with Gasteiger partial charge in [-0.2, -0.15) is 13.2 Å². The number of alkyl halides is 6. The SMILES string of the molecule is C/C(N)=C/C(=N)C(O)c1ccc2c(c1)N(S(=O)c1ccc(OC(F)(F)F)cc1)Cc1ccc(C(F)(F)F)nc1N2. The van der Waals surface area contributed by atoms with Gasteiger partial charge in [-0.1, -0.05) is 12.1 Å². The molecule has 4 rings (SSSR count). The van der Waals surface area contributed by atoms with Crippen LogP contribution < -0.4 is 20.1 Å². The summed E-state index contributed by atoms with van der Waals surface area (Å²) in [6, 6.07) is 10.5. The zero-order chi connectivity index (χ0) is 29.4. The average molecular weight is 586 g/mol. The number of nitrogens with zero attached hydrogens (tertiary/aromatic N) is 2. The highest BCUT2D eigenvalue weighted by Crippen LogP contribution is 2.40. The number of allylic oxidation sites excluding steroid dienone is 1. The minimum Gasteiger partial charge on any atom is -0.406 e. The van der Waals surface area contributed by atoms with Crippen LogP contribution >= 0.6 is 0 Å². The van der Waals surface area contributed by atoms with E-state index in [9.17, 15) is 35.7 Å². The van der Waals surface area contributed by atoms with Gasteiger partial charge >= 0.3 is 12.5 Å². The van der Waals surface area contributed by atoms with Crippen LogP contribution in [0.1, 0.15) is 29.8 Å². The summed E-state index contributed by atoms with van der Waals surface area (Å²) >= 11 is 0. The number of pyridine rings is 1. The molecule has 0 fully saturated rings. The van der Waals surface area contributed by atoms with Crippen molar-refractivity contribution >= 4 is 33.9 Å². The molecule has 0 bridgehead atoms. The Bertz CT molecular complexity index is 1490. The molecule has 0 radical (unpaired) electrons. The van der Waals surface area contributed by atoms with Gasteiger partial charge in [-0.3, -0.25) is 4.31 Å². The second-order valence-electron chi connectivity index (χ2n) is 8.65. The lowest BCUT2D eigenvalue weighted by Gasteiger charge is -2.25. The molecule has 3 aromatic rings. The van der Waals surface area contributed by atoms with Gasteiger partial charge in [0, 0.05) is 11.3 Å². The number of aromatic nitrogens is 1. The summed E-state index contributed by atoms with van der Waals surface area (Å²) < 4.78 is 96.5. The molecule has 15 heteroatoms. The van der Waals surface area contributed by atoms with Gasteiger partial charge in [0.1, 0.15) is 23.4 Å². The normalized spacial score (nSPS) is 15.3. The third kappa shape index (κ3) is 6.54. The van der Waals surface area contributed by atoms with E-state index in [1.807, 2.05) is 0 Å². The maximum atomic E-state index is 13.7. The Hall–Kier alpha value is -4.11. The highest BCUT2D eigenvalue weighted by molar-refractivity contribution is 7.86. The van der Waals surface area contributed by atoms with Gasteiger partial charge in [0.05, 0.1) is 28.5 Å². The standard InChI is InChI=1S/C25H21F6N5O3S/c1-13(32)10-18(33)22(37)14-2-8-19-20(11-14)36(12-15-3-9-21(24(26,27)28)35-23(15)34-19)40(38)17-6-4-16(5-7-17)39-25(29,30)31/h2-11,22,33,37H,12,32H2,1H3,(H,34,35)/b13-10-,33-18?. The Labute approximate surface area is 226 Å². The van der Waals surface area contributed by atoms with Crippen LogP contribution in [0.3, 0.4) is 0 Å². The summed E-state index contributed by atoms with van der Waals surface area (Å²) in [5.41, 5.74) is 5.25. The first-order valence-corrected chi connectivity index (χ1v) is 12.5. The average Bonchev–Trinajstić information content (AvgIpc) is 3.02. The number of aliphatic hydroxyl groups excluding tert-OH is 1. The van der Waals surface area contributed by atoms with Crippen LogP contribution in [0.5, 0.6) is 5.75 Å². The zero-order valence-corrected chi connectivity index (χ0v) is 21.3. The Kier molecular flexibility index (Phi) is 7.81. The summed E-state index contributed by atoms with van der Waals surface area (Å²) in [5, 5.41) is 21.6. The van der Waals surface area contributed by atoms with Crippen LogP contribution in [-0.4, -0.2) is 26.4 Å².